The molecule has 0 saturated carbocycles. The van der Waals surface area contributed by atoms with Gasteiger partial charge >= 0.3 is 0 Å². The minimum atomic E-state index is 0.0807. The summed E-state index contributed by atoms with van der Waals surface area (Å²) in [5, 5.41) is 0.488. The van der Waals surface area contributed by atoms with Crippen molar-refractivity contribution in [1.29, 1.82) is 0 Å². The van der Waals surface area contributed by atoms with Crippen LogP contribution in [0.25, 0.3) is 0 Å². The molecule has 3 heteroatoms. The highest BCUT2D eigenvalue weighted by Gasteiger charge is 2.26. The summed E-state index contributed by atoms with van der Waals surface area (Å²) in [4.78, 5) is 9.15. The third-order valence-electron chi connectivity index (χ3n) is 5.63. The van der Waals surface area contributed by atoms with Crippen molar-refractivity contribution in [3.8, 4) is 0 Å². The van der Waals surface area contributed by atoms with Crippen molar-refractivity contribution in [2.75, 3.05) is 6.26 Å². The molecule has 0 aliphatic heterocycles. The molecule has 0 spiro atoms. The van der Waals surface area contributed by atoms with Gasteiger partial charge in [-0.05, 0) is 58.8 Å². The molecule has 0 saturated heterocycles. The van der Waals surface area contributed by atoms with Crippen LogP contribution in [0.1, 0.15) is 95.9 Å². The maximum absolute atomic E-state index is 4.60. The minimum Gasteiger partial charge on any atom is -0.264 e. The van der Waals surface area contributed by atoms with Crippen molar-refractivity contribution in [1.82, 2.24) is 9.97 Å². The smallest absolute Gasteiger partial charge is 0.0460 e. The Kier molecular flexibility index (Phi) is 7.02. The van der Waals surface area contributed by atoms with E-state index in [1.54, 1.807) is 0 Å². The molecule has 0 aliphatic rings. The minimum absolute atomic E-state index is 0.0807. The second-order valence-electron chi connectivity index (χ2n) is 10.6. The van der Waals surface area contributed by atoms with E-state index in [1.807, 2.05) is 30.4 Å². The molecule has 0 aromatic carbocycles. The average Bonchev–Trinajstić information content (AvgIpc) is 2.61. The van der Waals surface area contributed by atoms with E-state index in [0.717, 1.165) is 12.8 Å². The maximum atomic E-state index is 4.60. The lowest BCUT2D eigenvalue weighted by molar-refractivity contribution is 0.455. The van der Waals surface area contributed by atoms with Crippen molar-refractivity contribution in [3.05, 3.63) is 59.2 Å². The number of nitrogens with zero attached hydrogens (tertiary/aromatic N) is 2. The summed E-state index contributed by atoms with van der Waals surface area (Å²) < 4.78 is 0. The molecule has 2 nitrogen and oxygen atoms in total. The van der Waals surface area contributed by atoms with Crippen LogP contribution in [0.15, 0.2) is 36.8 Å². The van der Waals surface area contributed by atoms with Gasteiger partial charge in [-0.1, -0.05) is 61.5 Å². The van der Waals surface area contributed by atoms with Gasteiger partial charge in [-0.25, -0.2) is 0 Å². The van der Waals surface area contributed by atoms with E-state index >= 15 is 0 Å². The van der Waals surface area contributed by atoms with Crippen molar-refractivity contribution in [2.24, 2.45) is 0 Å². The molecular weight excluding hydrogens is 360 g/mol. The molecule has 0 radical (unpaired) electrons. The van der Waals surface area contributed by atoms with Crippen LogP contribution < -0.4 is 0 Å². The third-order valence-corrected chi connectivity index (χ3v) is 6.70. The van der Waals surface area contributed by atoms with Gasteiger partial charge in [-0.15, -0.1) is 0 Å². The van der Waals surface area contributed by atoms with Gasteiger partial charge in [0.15, 0.2) is 0 Å². The monoisotopic (exact) mass is 398 g/mol. The fourth-order valence-corrected chi connectivity index (χ4v) is 4.11. The third kappa shape index (κ3) is 5.83. The van der Waals surface area contributed by atoms with Crippen LogP contribution in [0.5, 0.6) is 0 Å². The molecule has 2 heterocycles. The highest BCUT2D eigenvalue weighted by Crippen LogP contribution is 2.38. The lowest BCUT2D eigenvalue weighted by Crippen LogP contribution is -2.21. The summed E-state index contributed by atoms with van der Waals surface area (Å²) in [6.07, 6.45) is 10.5. The van der Waals surface area contributed by atoms with Crippen molar-refractivity contribution in [3.63, 3.8) is 0 Å². The van der Waals surface area contributed by atoms with E-state index < -0.39 is 0 Å². The SMILES string of the molecule is CSC(CCC(C)(C)c1cncc(C(C)(C)C)c1)c1ccnc(C(C)(C)C)c1. The standard InChI is InChI=1S/C25H38N2S/c1-23(2,3)19-15-20(17-26-16-19)25(7,8)12-10-21(28-9)18-11-13-27-22(14-18)24(4,5)6/h11,13-17,21H,10,12H2,1-9H3. The van der Waals surface area contributed by atoms with Gasteiger partial charge in [0.25, 0.3) is 0 Å². The number of thioether (sulfide) groups is 1. The summed E-state index contributed by atoms with van der Waals surface area (Å²) in [7, 11) is 0. The second-order valence-corrected chi connectivity index (χ2v) is 11.6. The molecule has 28 heavy (non-hydrogen) atoms. The zero-order chi connectivity index (χ0) is 21.2. The van der Waals surface area contributed by atoms with Crippen molar-refractivity contribution < 1.29 is 0 Å². The van der Waals surface area contributed by atoms with Crippen molar-refractivity contribution in [2.45, 2.75) is 89.7 Å². The van der Waals surface area contributed by atoms with Crippen LogP contribution in [0.2, 0.25) is 0 Å². The fraction of sp³-hybridized carbons (Fsp3) is 0.600. The Morgan fingerprint density at radius 3 is 2.11 bits per heavy atom. The predicted molar refractivity (Wildman–Crippen MR) is 124 cm³/mol. The highest BCUT2D eigenvalue weighted by atomic mass is 32.2. The summed E-state index contributed by atoms with van der Waals surface area (Å²) in [6.45, 7) is 18.1. The van der Waals surface area contributed by atoms with Gasteiger partial charge in [0, 0.05) is 34.9 Å². The molecular formula is C25H38N2S. The fourth-order valence-electron chi connectivity index (χ4n) is 3.33. The van der Waals surface area contributed by atoms with Crippen LogP contribution in [-0.2, 0) is 16.2 Å². The van der Waals surface area contributed by atoms with E-state index in [4.69, 9.17) is 0 Å². The Balaban J connectivity index is 2.19. The van der Waals surface area contributed by atoms with E-state index in [9.17, 15) is 0 Å². The van der Waals surface area contributed by atoms with Gasteiger partial charge in [-0.2, -0.15) is 11.8 Å². The molecule has 0 bridgehead atoms. The molecule has 154 valence electrons. The van der Waals surface area contributed by atoms with E-state index in [2.05, 4.69) is 89.8 Å². The van der Waals surface area contributed by atoms with Gasteiger partial charge < -0.3 is 0 Å². The largest absolute Gasteiger partial charge is 0.264 e. The van der Waals surface area contributed by atoms with E-state index in [1.165, 1.54) is 22.4 Å². The summed E-state index contributed by atoms with van der Waals surface area (Å²) >= 11 is 1.94. The molecule has 0 fully saturated rings. The van der Waals surface area contributed by atoms with Gasteiger partial charge in [-0.3, -0.25) is 9.97 Å². The number of pyridine rings is 2. The lowest BCUT2D eigenvalue weighted by Gasteiger charge is -2.29. The summed E-state index contributed by atoms with van der Waals surface area (Å²) in [6, 6.07) is 6.84. The first-order chi connectivity index (χ1) is 12.8. The molecule has 1 unspecified atom stereocenters. The van der Waals surface area contributed by atoms with Crippen LogP contribution in [-0.4, -0.2) is 16.2 Å². The number of rotatable bonds is 6. The van der Waals surface area contributed by atoms with Crippen LogP contribution in [0, 0.1) is 0 Å². The van der Waals surface area contributed by atoms with Crippen molar-refractivity contribution >= 4 is 11.8 Å². The van der Waals surface area contributed by atoms with Crippen LogP contribution in [0.4, 0.5) is 0 Å². The van der Waals surface area contributed by atoms with E-state index in [-0.39, 0.29) is 16.2 Å². The Hall–Kier alpha value is -1.35. The number of hydrogen-bond donors (Lipinski definition) is 0. The zero-order valence-corrected chi connectivity index (χ0v) is 20.1. The number of hydrogen-bond acceptors (Lipinski definition) is 3. The quantitative estimate of drug-likeness (QED) is 0.513. The normalized spacial score (nSPS) is 14.2. The van der Waals surface area contributed by atoms with E-state index in [0.29, 0.717) is 5.25 Å². The Morgan fingerprint density at radius 2 is 1.54 bits per heavy atom. The first kappa shape index (κ1) is 22.9. The van der Waals surface area contributed by atoms with Crippen LogP contribution >= 0.6 is 11.8 Å². The highest BCUT2D eigenvalue weighted by molar-refractivity contribution is 7.98. The summed E-state index contributed by atoms with van der Waals surface area (Å²) in [5.74, 6) is 0. The van der Waals surface area contributed by atoms with Gasteiger partial charge in [0.1, 0.15) is 0 Å². The molecule has 2 aromatic heterocycles. The first-order valence-electron chi connectivity index (χ1n) is 10.3. The second kappa shape index (κ2) is 8.57. The van der Waals surface area contributed by atoms with Gasteiger partial charge in [0.2, 0.25) is 0 Å². The topological polar surface area (TPSA) is 25.8 Å². The first-order valence-corrected chi connectivity index (χ1v) is 11.6. The van der Waals surface area contributed by atoms with Gasteiger partial charge in [0.05, 0.1) is 0 Å². The van der Waals surface area contributed by atoms with Crippen LogP contribution in [0.3, 0.4) is 0 Å². The molecule has 1 atom stereocenters. The molecule has 0 aliphatic carbocycles. The zero-order valence-electron chi connectivity index (χ0n) is 19.3. The molecule has 0 N–H and O–H groups in total. The average molecular weight is 399 g/mol. The number of aromatic nitrogens is 2. The maximum Gasteiger partial charge on any atom is 0.0460 e. The Bertz CT molecular complexity index is 782. The Morgan fingerprint density at radius 1 is 0.893 bits per heavy atom. The molecule has 2 rings (SSSR count). The lowest BCUT2D eigenvalue weighted by atomic mass is 9.78. The molecule has 2 aromatic rings. The molecule has 0 amide bonds. The Labute approximate surface area is 177 Å². The predicted octanol–water partition coefficient (Wildman–Crippen LogP) is 7.23. The summed E-state index contributed by atoms with van der Waals surface area (Å²) in [5.41, 5.74) is 5.52.